The number of halogens is 3. The average Bonchev–Trinajstić information content (AvgIpc) is 3.11. The first-order valence-corrected chi connectivity index (χ1v) is 9.01. The van der Waals surface area contributed by atoms with Crippen molar-refractivity contribution in [1.82, 2.24) is 24.6 Å². The monoisotopic (exact) mass is 391 g/mol. The van der Waals surface area contributed by atoms with Crippen molar-refractivity contribution in [3.05, 3.63) is 42.0 Å². The van der Waals surface area contributed by atoms with Crippen molar-refractivity contribution in [1.29, 1.82) is 0 Å². The first-order valence-electron chi connectivity index (χ1n) is 9.01. The zero-order valence-electron chi connectivity index (χ0n) is 15.6. The van der Waals surface area contributed by atoms with Crippen LogP contribution in [-0.2, 0) is 6.18 Å². The zero-order valence-corrected chi connectivity index (χ0v) is 15.6. The smallest absolute Gasteiger partial charge is 0.363 e. The Morgan fingerprint density at radius 2 is 1.96 bits per heavy atom. The molecule has 0 saturated carbocycles. The van der Waals surface area contributed by atoms with E-state index in [4.69, 9.17) is 0 Å². The van der Waals surface area contributed by atoms with E-state index in [2.05, 4.69) is 20.2 Å². The molecule has 0 amide bonds. The minimum absolute atomic E-state index is 0.0344. The summed E-state index contributed by atoms with van der Waals surface area (Å²) in [5.41, 5.74) is -0.184. The van der Waals surface area contributed by atoms with Crippen LogP contribution in [0.3, 0.4) is 0 Å². The van der Waals surface area contributed by atoms with E-state index < -0.39 is 11.9 Å². The highest BCUT2D eigenvalue weighted by atomic mass is 19.4. The molecule has 1 aliphatic rings. The van der Waals surface area contributed by atoms with Gasteiger partial charge in [0.05, 0.1) is 0 Å². The lowest BCUT2D eigenvalue weighted by molar-refractivity contribution is -0.141. The average molecular weight is 391 g/mol. The maximum Gasteiger partial charge on any atom is 0.433 e. The van der Waals surface area contributed by atoms with Crippen LogP contribution in [0.5, 0.6) is 0 Å². The van der Waals surface area contributed by atoms with Crippen molar-refractivity contribution in [2.45, 2.75) is 24.9 Å². The van der Waals surface area contributed by atoms with E-state index in [1.807, 2.05) is 28.8 Å². The van der Waals surface area contributed by atoms with Crippen molar-refractivity contribution < 1.29 is 13.2 Å². The van der Waals surface area contributed by atoms with Crippen molar-refractivity contribution in [3.63, 3.8) is 0 Å². The summed E-state index contributed by atoms with van der Waals surface area (Å²) in [6, 6.07) is 6.63. The Morgan fingerprint density at radius 3 is 2.71 bits per heavy atom. The molecule has 4 heterocycles. The molecule has 1 aliphatic heterocycles. The fourth-order valence-corrected chi connectivity index (χ4v) is 3.45. The first-order chi connectivity index (χ1) is 13.3. The summed E-state index contributed by atoms with van der Waals surface area (Å²) in [5, 5.41) is 8.49. The van der Waals surface area contributed by atoms with Crippen LogP contribution in [-0.4, -0.2) is 51.8 Å². The number of aromatic nitrogens is 5. The summed E-state index contributed by atoms with van der Waals surface area (Å²) < 4.78 is 41.8. The highest BCUT2D eigenvalue weighted by molar-refractivity contribution is 5.46. The molecule has 3 aromatic rings. The Bertz CT molecular complexity index is 983. The van der Waals surface area contributed by atoms with Gasteiger partial charge in [-0.2, -0.15) is 18.2 Å². The third-order valence-corrected chi connectivity index (χ3v) is 4.86. The summed E-state index contributed by atoms with van der Waals surface area (Å²) >= 11 is 0. The van der Waals surface area contributed by atoms with Crippen LogP contribution in [0.15, 0.2) is 30.5 Å². The zero-order chi connectivity index (χ0) is 19.9. The van der Waals surface area contributed by atoms with Gasteiger partial charge in [0, 0.05) is 45.4 Å². The molecule has 3 aromatic heterocycles. The van der Waals surface area contributed by atoms with Gasteiger partial charge in [-0.25, -0.2) is 4.98 Å². The molecule has 148 valence electrons. The molecule has 0 radical (unpaired) electrons. The molecule has 0 bridgehead atoms. The molecular formula is C18H20F3N7. The Hall–Kier alpha value is -2.91. The SMILES string of the molecule is CN(C)c1cc(C(F)(F)F)nc(N2CCCC(c3nnc4ccccn34)C2)n1. The number of fused-ring (bicyclic) bond motifs is 1. The van der Waals surface area contributed by atoms with Crippen LogP contribution in [0.1, 0.15) is 30.3 Å². The molecule has 1 unspecified atom stereocenters. The largest absolute Gasteiger partial charge is 0.433 e. The van der Waals surface area contributed by atoms with E-state index in [9.17, 15) is 13.2 Å². The van der Waals surface area contributed by atoms with Gasteiger partial charge in [-0.3, -0.25) is 4.40 Å². The molecule has 1 atom stereocenters. The minimum Gasteiger partial charge on any atom is -0.363 e. The number of nitrogens with zero attached hydrogens (tertiary/aromatic N) is 7. The Morgan fingerprint density at radius 1 is 1.14 bits per heavy atom. The van der Waals surface area contributed by atoms with E-state index >= 15 is 0 Å². The van der Waals surface area contributed by atoms with Gasteiger partial charge in [0.25, 0.3) is 0 Å². The van der Waals surface area contributed by atoms with E-state index in [0.29, 0.717) is 13.1 Å². The number of pyridine rings is 1. The molecule has 1 fully saturated rings. The summed E-state index contributed by atoms with van der Waals surface area (Å²) in [6.07, 6.45) is -0.940. The van der Waals surface area contributed by atoms with Gasteiger partial charge in [0.15, 0.2) is 11.3 Å². The standard InChI is InChI=1S/C18H20F3N7/c1-26(2)15-10-13(18(19,20)21)22-17(23-15)27-8-5-6-12(11-27)16-25-24-14-7-3-4-9-28(14)16/h3-4,7,9-10,12H,5-6,8,11H2,1-2H3. The van der Waals surface area contributed by atoms with Crippen molar-refractivity contribution in [3.8, 4) is 0 Å². The second-order valence-corrected chi connectivity index (χ2v) is 7.08. The molecule has 7 nitrogen and oxygen atoms in total. The number of hydrogen-bond donors (Lipinski definition) is 0. The molecular weight excluding hydrogens is 371 g/mol. The van der Waals surface area contributed by atoms with E-state index in [1.54, 1.807) is 23.9 Å². The molecule has 0 N–H and O–H groups in total. The Balaban J connectivity index is 1.67. The Kier molecular flexibility index (Phi) is 4.56. The normalized spacial score (nSPS) is 17.9. The van der Waals surface area contributed by atoms with Gasteiger partial charge in [0.1, 0.15) is 11.6 Å². The minimum atomic E-state index is -4.53. The fraction of sp³-hybridized carbons (Fsp3) is 0.444. The summed E-state index contributed by atoms with van der Waals surface area (Å²) in [6.45, 7) is 1.09. The Labute approximate surface area is 159 Å². The third-order valence-electron chi connectivity index (χ3n) is 4.86. The van der Waals surface area contributed by atoms with E-state index in [1.165, 1.54) is 0 Å². The quantitative estimate of drug-likeness (QED) is 0.684. The molecule has 10 heteroatoms. The highest BCUT2D eigenvalue weighted by Crippen LogP contribution is 2.33. The second-order valence-electron chi connectivity index (χ2n) is 7.08. The van der Waals surface area contributed by atoms with E-state index in [-0.39, 0.29) is 17.7 Å². The maximum absolute atomic E-state index is 13.3. The van der Waals surface area contributed by atoms with Crippen LogP contribution in [0.2, 0.25) is 0 Å². The lowest BCUT2D eigenvalue weighted by Crippen LogP contribution is -2.37. The van der Waals surface area contributed by atoms with Gasteiger partial charge in [-0.05, 0) is 25.0 Å². The number of rotatable bonds is 3. The molecule has 4 rings (SSSR count). The molecule has 0 spiro atoms. The number of alkyl halides is 3. The number of piperidine rings is 1. The van der Waals surface area contributed by atoms with Gasteiger partial charge < -0.3 is 9.80 Å². The van der Waals surface area contributed by atoms with Gasteiger partial charge in [-0.1, -0.05) is 6.07 Å². The molecule has 1 saturated heterocycles. The number of hydrogen-bond acceptors (Lipinski definition) is 6. The second kappa shape index (κ2) is 6.92. The molecule has 28 heavy (non-hydrogen) atoms. The summed E-state index contributed by atoms with van der Waals surface area (Å²) in [7, 11) is 3.32. The highest BCUT2D eigenvalue weighted by Gasteiger charge is 2.35. The first kappa shape index (κ1) is 18.5. The third kappa shape index (κ3) is 3.46. The summed E-state index contributed by atoms with van der Waals surface area (Å²) in [5.74, 6) is 1.16. The fourth-order valence-electron chi connectivity index (χ4n) is 3.45. The van der Waals surface area contributed by atoms with Crippen LogP contribution >= 0.6 is 0 Å². The predicted molar refractivity (Wildman–Crippen MR) is 98.5 cm³/mol. The van der Waals surface area contributed by atoms with Crippen molar-refractivity contribution in [2.24, 2.45) is 0 Å². The van der Waals surface area contributed by atoms with Crippen LogP contribution in [0.4, 0.5) is 24.9 Å². The van der Waals surface area contributed by atoms with Crippen molar-refractivity contribution in [2.75, 3.05) is 37.0 Å². The number of anilines is 2. The van der Waals surface area contributed by atoms with E-state index in [0.717, 1.165) is 30.4 Å². The maximum atomic E-state index is 13.3. The van der Waals surface area contributed by atoms with Crippen molar-refractivity contribution >= 4 is 17.4 Å². The van der Waals surface area contributed by atoms with Gasteiger partial charge >= 0.3 is 6.18 Å². The van der Waals surface area contributed by atoms with Crippen LogP contribution in [0, 0.1) is 0 Å². The van der Waals surface area contributed by atoms with Gasteiger partial charge in [-0.15, -0.1) is 10.2 Å². The molecule has 0 aromatic carbocycles. The summed E-state index contributed by atoms with van der Waals surface area (Å²) in [4.78, 5) is 11.5. The molecule has 0 aliphatic carbocycles. The predicted octanol–water partition coefficient (Wildman–Crippen LogP) is 2.99. The topological polar surface area (TPSA) is 62.5 Å². The van der Waals surface area contributed by atoms with Crippen LogP contribution in [0.25, 0.3) is 5.65 Å². The van der Waals surface area contributed by atoms with Gasteiger partial charge in [0.2, 0.25) is 5.95 Å². The lowest BCUT2D eigenvalue weighted by atomic mass is 9.97. The van der Waals surface area contributed by atoms with Crippen LogP contribution < -0.4 is 9.80 Å². The lowest BCUT2D eigenvalue weighted by Gasteiger charge is -2.32.